The number of hydrogen-bond donors (Lipinski definition) is 0. The predicted octanol–water partition coefficient (Wildman–Crippen LogP) is 4.35. The van der Waals surface area contributed by atoms with Crippen LogP contribution in [0.5, 0.6) is 0 Å². The van der Waals surface area contributed by atoms with E-state index in [-0.39, 0.29) is 0 Å². The molecule has 3 rings (SSSR count). The van der Waals surface area contributed by atoms with Gasteiger partial charge >= 0.3 is 0 Å². The van der Waals surface area contributed by atoms with Crippen LogP contribution in [0.25, 0.3) is 16.9 Å². The van der Waals surface area contributed by atoms with Gasteiger partial charge in [-0.15, -0.1) is 0 Å². The normalized spacial score (nSPS) is 11.2. The quantitative estimate of drug-likeness (QED) is 0.651. The zero-order chi connectivity index (χ0) is 13.6. The molecule has 96 valence electrons. The summed E-state index contributed by atoms with van der Waals surface area (Å²) in [7, 11) is 0. The Bertz CT molecular complexity index is 780. The molecule has 0 aliphatic rings. The number of aromatic nitrogens is 2. The van der Waals surface area contributed by atoms with Crippen LogP contribution in [0.2, 0.25) is 0 Å². The first-order chi connectivity index (χ1) is 9.06. The second-order valence-corrected chi connectivity index (χ2v) is 5.07. The highest BCUT2D eigenvalue weighted by molar-refractivity contribution is 9.10. The van der Waals surface area contributed by atoms with Crippen molar-refractivity contribution in [2.24, 2.45) is 0 Å². The number of halogens is 3. The van der Waals surface area contributed by atoms with E-state index in [1.165, 1.54) is 6.07 Å². The molecule has 0 fully saturated rings. The van der Waals surface area contributed by atoms with E-state index in [1.54, 1.807) is 0 Å². The van der Waals surface area contributed by atoms with Crippen LogP contribution in [0, 0.1) is 18.6 Å². The van der Waals surface area contributed by atoms with E-state index in [1.807, 2.05) is 29.7 Å². The summed E-state index contributed by atoms with van der Waals surface area (Å²) in [6, 6.07) is 7.67. The van der Waals surface area contributed by atoms with Crippen LogP contribution in [0.15, 0.2) is 41.1 Å². The van der Waals surface area contributed by atoms with Crippen molar-refractivity contribution in [3.8, 4) is 11.4 Å². The number of aryl methyl sites for hydroxylation is 1. The summed E-state index contributed by atoms with van der Waals surface area (Å²) in [4.78, 5) is 4.36. The summed E-state index contributed by atoms with van der Waals surface area (Å²) in [5.41, 5.74) is 2.47. The molecule has 1 aromatic carbocycles. The van der Waals surface area contributed by atoms with Gasteiger partial charge in [0.2, 0.25) is 0 Å². The fourth-order valence-electron chi connectivity index (χ4n) is 1.99. The van der Waals surface area contributed by atoms with Crippen LogP contribution >= 0.6 is 15.9 Å². The fraction of sp³-hybridized carbons (Fsp3) is 0.0714. The number of imidazole rings is 1. The van der Waals surface area contributed by atoms with Crippen molar-refractivity contribution in [2.45, 2.75) is 6.92 Å². The molecular formula is C14H9BrF2N2. The smallest absolute Gasteiger partial charge is 0.159 e. The lowest BCUT2D eigenvalue weighted by atomic mass is 10.2. The van der Waals surface area contributed by atoms with Gasteiger partial charge in [0.15, 0.2) is 11.6 Å². The van der Waals surface area contributed by atoms with Gasteiger partial charge in [-0.3, -0.25) is 4.40 Å². The Morgan fingerprint density at radius 3 is 2.63 bits per heavy atom. The highest BCUT2D eigenvalue weighted by atomic mass is 79.9. The Hall–Kier alpha value is -1.75. The van der Waals surface area contributed by atoms with Crippen molar-refractivity contribution in [2.75, 3.05) is 0 Å². The van der Waals surface area contributed by atoms with Gasteiger partial charge < -0.3 is 0 Å². The maximum absolute atomic E-state index is 13.3. The van der Waals surface area contributed by atoms with E-state index in [4.69, 9.17) is 0 Å². The van der Waals surface area contributed by atoms with Gasteiger partial charge in [-0.25, -0.2) is 13.8 Å². The van der Waals surface area contributed by atoms with Gasteiger partial charge in [-0.05, 0) is 52.7 Å². The van der Waals surface area contributed by atoms with E-state index >= 15 is 0 Å². The molecule has 0 aliphatic heterocycles. The van der Waals surface area contributed by atoms with Gasteiger partial charge in [0.05, 0.1) is 5.52 Å². The molecular weight excluding hydrogens is 314 g/mol. The molecule has 3 aromatic rings. The largest absolute Gasteiger partial charge is 0.298 e. The van der Waals surface area contributed by atoms with Crippen LogP contribution in [0.3, 0.4) is 0 Å². The summed E-state index contributed by atoms with van der Waals surface area (Å²) in [5, 5.41) is 0. The van der Waals surface area contributed by atoms with Crippen molar-refractivity contribution in [1.29, 1.82) is 0 Å². The van der Waals surface area contributed by atoms with Gasteiger partial charge in [-0.2, -0.15) is 0 Å². The minimum absolute atomic E-state index is 0.533. The molecule has 0 saturated heterocycles. The SMILES string of the molecule is Cc1ccc2c(Br)nc(-c3ccc(F)c(F)c3)n2c1. The number of benzene rings is 1. The number of fused-ring (bicyclic) bond motifs is 1. The van der Waals surface area contributed by atoms with Crippen LogP contribution in [0.1, 0.15) is 5.56 Å². The molecule has 0 radical (unpaired) electrons. The maximum Gasteiger partial charge on any atom is 0.159 e. The third kappa shape index (κ3) is 2.04. The first-order valence-corrected chi connectivity index (χ1v) is 6.45. The zero-order valence-electron chi connectivity index (χ0n) is 9.99. The summed E-state index contributed by atoms with van der Waals surface area (Å²) in [5.74, 6) is -1.16. The maximum atomic E-state index is 13.3. The Kier molecular flexibility index (Phi) is 2.86. The topological polar surface area (TPSA) is 17.3 Å². The molecule has 5 heteroatoms. The lowest BCUT2D eigenvalue weighted by molar-refractivity contribution is 0.509. The summed E-state index contributed by atoms with van der Waals surface area (Å²) >= 11 is 3.37. The lowest BCUT2D eigenvalue weighted by Crippen LogP contribution is -1.92. The highest BCUT2D eigenvalue weighted by Crippen LogP contribution is 2.27. The third-order valence-electron chi connectivity index (χ3n) is 2.92. The van der Waals surface area contributed by atoms with Crippen molar-refractivity contribution in [3.05, 3.63) is 58.3 Å². The minimum Gasteiger partial charge on any atom is -0.298 e. The summed E-state index contributed by atoms with van der Waals surface area (Å²) < 4.78 is 28.8. The Balaban J connectivity index is 2.29. The van der Waals surface area contributed by atoms with Gasteiger partial charge in [0.1, 0.15) is 10.4 Å². The second kappa shape index (κ2) is 4.42. The average Bonchev–Trinajstić information content (AvgIpc) is 2.70. The molecule has 2 nitrogen and oxygen atoms in total. The van der Waals surface area contributed by atoms with E-state index in [2.05, 4.69) is 20.9 Å². The van der Waals surface area contributed by atoms with Crippen LogP contribution in [-0.4, -0.2) is 9.38 Å². The van der Waals surface area contributed by atoms with Crippen molar-refractivity contribution >= 4 is 21.4 Å². The molecule has 0 atom stereocenters. The minimum atomic E-state index is -0.877. The molecule has 0 aliphatic carbocycles. The van der Waals surface area contributed by atoms with Gasteiger partial charge in [-0.1, -0.05) is 6.07 Å². The molecule has 0 spiro atoms. The standard InChI is InChI=1S/C14H9BrF2N2/c1-8-2-5-12-13(15)18-14(19(12)7-8)9-3-4-10(16)11(17)6-9/h2-7H,1H3. The van der Waals surface area contributed by atoms with Crippen molar-refractivity contribution in [1.82, 2.24) is 9.38 Å². The first-order valence-electron chi connectivity index (χ1n) is 5.66. The molecule has 19 heavy (non-hydrogen) atoms. The number of nitrogens with zero attached hydrogens (tertiary/aromatic N) is 2. The fourth-order valence-corrected chi connectivity index (χ4v) is 2.48. The van der Waals surface area contributed by atoms with E-state index < -0.39 is 11.6 Å². The molecule has 0 saturated carbocycles. The summed E-state index contributed by atoms with van der Waals surface area (Å²) in [6.45, 7) is 1.96. The number of hydrogen-bond acceptors (Lipinski definition) is 1. The molecule has 0 bridgehead atoms. The van der Waals surface area contributed by atoms with Crippen molar-refractivity contribution in [3.63, 3.8) is 0 Å². The number of rotatable bonds is 1. The monoisotopic (exact) mass is 322 g/mol. The Morgan fingerprint density at radius 1 is 1.11 bits per heavy atom. The number of pyridine rings is 1. The predicted molar refractivity (Wildman–Crippen MR) is 73.0 cm³/mol. The molecule has 0 unspecified atom stereocenters. The third-order valence-corrected chi connectivity index (χ3v) is 3.50. The second-order valence-electron chi connectivity index (χ2n) is 4.32. The Morgan fingerprint density at radius 2 is 1.89 bits per heavy atom. The summed E-state index contributed by atoms with van der Waals surface area (Å²) in [6.07, 6.45) is 1.91. The van der Waals surface area contributed by atoms with E-state index in [0.717, 1.165) is 23.2 Å². The van der Waals surface area contributed by atoms with Crippen LogP contribution in [-0.2, 0) is 0 Å². The van der Waals surface area contributed by atoms with E-state index in [9.17, 15) is 8.78 Å². The van der Waals surface area contributed by atoms with Crippen LogP contribution < -0.4 is 0 Å². The van der Waals surface area contributed by atoms with Crippen LogP contribution in [0.4, 0.5) is 8.78 Å². The lowest BCUT2D eigenvalue weighted by Gasteiger charge is -2.03. The zero-order valence-corrected chi connectivity index (χ0v) is 11.6. The molecule has 0 amide bonds. The van der Waals surface area contributed by atoms with E-state index in [0.29, 0.717) is 16.0 Å². The van der Waals surface area contributed by atoms with Crippen molar-refractivity contribution < 1.29 is 8.78 Å². The molecule has 2 aromatic heterocycles. The van der Waals surface area contributed by atoms with Gasteiger partial charge in [0, 0.05) is 11.8 Å². The highest BCUT2D eigenvalue weighted by Gasteiger charge is 2.13. The Labute approximate surface area is 116 Å². The average molecular weight is 323 g/mol. The first kappa shape index (κ1) is 12.3. The van der Waals surface area contributed by atoms with Gasteiger partial charge in [0.25, 0.3) is 0 Å². The molecule has 2 heterocycles. The molecule has 0 N–H and O–H groups in total.